The molecule has 118 valence electrons. The molecule has 0 unspecified atom stereocenters. The van der Waals surface area contributed by atoms with Gasteiger partial charge in [-0.3, -0.25) is 0 Å². The third-order valence-corrected chi connectivity index (χ3v) is 2.75. The normalized spacial score (nSPS) is 10.1. The molecule has 2 heterocycles. The minimum absolute atomic E-state index is 0. The monoisotopic (exact) mass is 314 g/mol. The summed E-state index contributed by atoms with van der Waals surface area (Å²) in [6.07, 6.45) is 0. The van der Waals surface area contributed by atoms with Crippen LogP contribution >= 0.6 is 0 Å². The second kappa shape index (κ2) is 6.03. The van der Waals surface area contributed by atoms with E-state index in [2.05, 4.69) is 29.9 Å². The van der Waals surface area contributed by atoms with E-state index in [1.165, 1.54) is 0 Å². The summed E-state index contributed by atoms with van der Waals surface area (Å²) in [6.45, 7) is 0. The average Bonchev–Trinajstić information content (AvgIpc) is 2.45. The maximum Gasteiger partial charge on any atom is 0.225 e. The predicted octanol–water partition coefficient (Wildman–Crippen LogP) is -1.11. The number of nitrogens with zero attached hydrogens (tertiary/aromatic N) is 6. The maximum absolute atomic E-state index is 5.61. The molecule has 1 aromatic carbocycles. The molecule has 0 atom stereocenters. The Morgan fingerprint density at radius 3 is 1.13 bits per heavy atom. The van der Waals surface area contributed by atoms with Crippen LogP contribution in [-0.2, 0) is 0 Å². The summed E-state index contributed by atoms with van der Waals surface area (Å²) in [5, 5.41) is 0. The molecule has 11 heteroatoms. The molecule has 0 spiro atoms. The highest BCUT2D eigenvalue weighted by molar-refractivity contribution is 5.78. The summed E-state index contributed by atoms with van der Waals surface area (Å²) in [5.74, 6) is 0.689. The molecule has 23 heavy (non-hydrogen) atoms. The lowest BCUT2D eigenvalue weighted by atomic mass is 10.1. The molecule has 0 fully saturated rings. The van der Waals surface area contributed by atoms with Gasteiger partial charge in [-0.25, -0.2) is 0 Å². The fourth-order valence-corrected chi connectivity index (χ4v) is 1.93. The molecule has 0 saturated heterocycles. The Balaban J connectivity index is 0.00000192. The summed E-state index contributed by atoms with van der Waals surface area (Å²) in [7, 11) is 0. The van der Waals surface area contributed by atoms with E-state index < -0.39 is 0 Å². The molecule has 0 bridgehead atoms. The van der Waals surface area contributed by atoms with Crippen LogP contribution in [0.25, 0.3) is 22.8 Å². The summed E-state index contributed by atoms with van der Waals surface area (Å²) < 4.78 is 0. The number of nitrogen functional groups attached to an aromatic ring is 4. The largest absolute Gasteiger partial charge is 0.412 e. The van der Waals surface area contributed by atoms with Crippen LogP contribution in [0.15, 0.2) is 24.3 Å². The lowest BCUT2D eigenvalue weighted by Gasteiger charge is -2.08. The number of hydrogen-bond donors (Lipinski definition) is 4. The Morgan fingerprint density at radius 2 is 0.826 bits per heavy atom. The van der Waals surface area contributed by atoms with Gasteiger partial charge in [0.15, 0.2) is 11.6 Å². The Morgan fingerprint density at radius 1 is 0.522 bits per heavy atom. The second-order valence-electron chi connectivity index (χ2n) is 4.30. The van der Waals surface area contributed by atoms with E-state index in [1.807, 2.05) is 12.1 Å². The highest BCUT2D eigenvalue weighted by Crippen LogP contribution is 2.28. The lowest BCUT2D eigenvalue weighted by Crippen LogP contribution is -2.07. The smallest absolute Gasteiger partial charge is 0.225 e. The van der Waals surface area contributed by atoms with Crippen LogP contribution in [0.3, 0.4) is 0 Å². The molecule has 10 N–H and O–H groups in total. The number of hydrogen-bond acceptors (Lipinski definition) is 10. The van der Waals surface area contributed by atoms with E-state index in [0.717, 1.165) is 0 Å². The number of rotatable bonds is 2. The molecular weight excluding hydrogens is 300 g/mol. The summed E-state index contributed by atoms with van der Waals surface area (Å²) >= 11 is 0. The summed E-state index contributed by atoms with van der Waals surface area (Å²) in [6, 6.07) is 7.17. The zero-order valence-electron chi connectivity index (χ0n) is 11.8. The van der Waals surface area contributed by atoms with Gasteiger partial charge in [0, 0.05) is 11.1 Å². The number of anilines is 4. The molecule has 0 aliphatic heterocycles. The van der Waals surface area contributed by atoms with Crippen molar-refractivity contribution in [3.05, 3.63) is 24.3 Å². The Bertz CT molecular complexity index is 742. The number of benzene rings is 1. The molecule has 11 nitrogen and oxygen atoms in total. The van der Waals surface area contributed by atoms with Crippen LogP contribution in [-0.4, -0.2) is 35.4 Å². The van der Waals surface area contributed by atoms with Crippen molar-refractivity contribution in [2.45, 2.75) is 0 Å². The van der Waals surface area contributed by atoms with Gasteiger partial charge in [0.05, 0.1) is 0 Å². The van der Waals surface area contributed by atoms with E-state index in [4.69, 9.17) is 22.9 Å². The molecule has 0 saturated carbocycles. The van der Waals surface area contributed by atoms with E-state index in [1.54, 1.807) is 12.1 Å². The Kier molecular flexibility index (Phi) is 4.14. The second-order valence-corrected chi connectivity index (χ2v) is 4.30. The average molecular weight is 314 g/mol. The minimum atomic E-state index is 0. The zero-order chi connectivity index (χ0) is 15.7. The molecular formula is C12H14N10O. The van der Waals surface area contributed by atoms with E-state index in [0.29, 0.717) is 22.8 Å². The van der Waals surface area contributed by atoms with Crippen LogP contribution in [0.1, 0.15) is 0 Å². The lowest BCUT2D eigenvalue weighted by molar-refractivity contribution is 0.824. The van der Waals surface area contributed by atoms with E-state index in [9.17, 15) is 0 Å². The number of nitrogens with two attached hydrogens (primary N) is 4. The molecule has 2 aromatic heterocycles. The quantitative estimate of drug-likeness (QED) is 0.447. The standard InChI is InChI=1S/C12H12N10.H2O/c13-9-17-7(18-10(14)21-9)5-3-1-2-4-6(5)8-19-11(15)22-12(16)20-8;/h1-4H,(H4,13,14,17,18,21)(H4,15,16,19,20,22);1H2. The van der Waals surface area contributed by atoms with Crippen molar-refractivity contribution in [2.24, 2.45) is 0 Å². The molecule has 3 aromatic rings. The van der Waals surface area contributed by atoms with Crippen molar-refractivity contribution >= 4 is 23.8 Å². The Labute approximate surface area is 130 Å². The first-order chi connectivity index (χ1) is 10.5. The third-order valence-electron chi connectivity index (χ3n) is 2.75. The summed E-state index contributed by atoms with van der Waals surface area (Å²) in [5.41, 5.74) is 23.7. The summed E-state index contributed by atoms with van der Waals surface area (Å²) in [4.78, 5) is 23.8. The van der Waals surface area contributed by atoms with Gasteiger partial charge in [0.1, 0.15) is 0 Å². The van der Waals surface area contributed by atoms with Crippen molar-refractivity contribution in [1.82, 2.24) is 29.9 Å². The molecule has 0 amide bonds. The Hall–Kier alpha value is -3.60. The zero-order valence-corrected chi connectivity index (χ0v) is 11.8. The van der Waals surface area contributed by atoms with Gasteiger partial charge >= 0.3 is 0 Å². The molecule has 0 radical (unpaired) electrons. The highest BCUT2D eigenvalue weighted by atomic mass is 16.0. The van der Waals surface area contributed by atoms with Crippen LogP contribution in [0, 0.1) is 0 Å². The first kappa shape index (κ1) is 15.8. The topological polar surface area (TPSA) is 213 Å². The SMILES string of the molecule is Nc1nc(N)nc(-c2ccccc2-c2nc(N)nc(N)n2)n1.O. The van der Waals surface area contributed by atoms with Gasteiger partial charge in [-0.15, -0.1) is 0 Å². The van der Waals surface area contributed by atoms with Crippen molar-refractivity contribution in [3.63, 3.8) is 0 Å². The minimum Gasteiger partial charge on any atom is -0.412 e. The van der Waals surface area contributed by atoms with Gasteiger partial charge in [0.2, 0.25) is 23.8 Å². The predicted molar refractivity (Wildman–Crippen MR) is 85.3 cm³/mol. The highest BCUT2D eigenvalue weighted by Gasteiger charge is 2.14. The van der Waals surface area contributed by atoms with Crippen molar-refractivity contribution < 1.29 is 5.48 Å². The fraction of sp³-hybridized carbons (Fsp3) is 0. The maximum atomic E-state index is 5.61. The van der Waals surface area contributed by atoms with Crippen molar-refractivity contribution in [3.8, 4) is 22.8 Å². The first-order valence-corrected chi connectivity index (χ1v) is 6.17. The van der Waals surface area contributed by atoms with Crippen molar-refractivity contribution in [1.29, 1.82) is 0 Å². The molecule has 0 aliphatic rings. The van der Waals surface area contributed by atoms with Crippen LogP contribution < -0.4 is 22.9 Å². The van der Waals surface area contributed by atoms with E-state index in [-0.39, 0.29) is 29.3 Å². The van der Waals surface area contributed by atoms with Crippen molar-refractivity contribution in [2.75, 3.05) is 22.9 Å². The third kappa shape index (κ3) is 3.19. The fourth-order valence-electron chi connectivity index (χ4n) is 1.93. The molecule has 0 aliphatic carbocycles. The van der Waals surface area contributed by atoms with E-state index >= 15 is 0 Å². The van der Waals surface area contributed by atoms with Gasteiger partial charge in [-0.1, -0.05) is 24.3 Å². The van der Waals surface area contributed by atoms with Crippen LogP contribution in [0.4, 0.5) is 23.8 Å². The van der Waals surface area contributed by atoms with Crippen LogP contribution in [0.2, 0.25) is 0 Å². The van der Waals surface area contributed by atoms with Gasteiger partial charge in [0.25, 0.3) is 0 Å². The molecule has 3 rings (SSSR count). The van der Waals surface area contributed by atoms with Gasteiger partial charge < -0.3 is 28.4 Å². The first-order valence-electron chi connectivity index (χ1n) is 6.17. The van der Waals surface area contributed by atoms with Gasteiger partial charge in [-0.2, -0.15) is 29.9 Å². The number of aromatic nitrogens is 6. The van der Waals surface area contributed by atoms with Crippen LogP contribution in [0.5, 0.6) is 0 Å². The van der Waals surface area contributed by atoms with Gasteiger partial charge in [-0.05, 0) is 0 Å².